The fraction of sp³-hybridized carbons (Fsp3) is 0.533. The fourth-order valence-corrected chi connectivity index (χ4v) is 2.96. The molecule has 0 bridgehead atoms. The van der Waals surface area contributed by atoms with Crippen molar-refractivity contribution < 1.29 is 4.74 Å². The van der Waals surface area contributed by atoms with Crippen LogP contribution in [0.25, 0.3) is 11.0 Å². The van der Waals surface area contributed by atoms with E-state index in [0.717, 1.165) is 23.4 Å². The molecule has 1 fully saturated rings. The predicted molar refractivity (Wildman–Crippen MR) is 77.3 cm³/mol. The summed E-state index contributed by atoms with van der Waals surface area (Å²) in [5.41, 5.74) is 2.34. The first-order valence-corrected chi connectivity index (χ1v) is 6.75. The third kappa shape index (κ3) is 1.82. The number of nitrogens with one attached hydrogen (secondary N) is 1. The summed E-state index contributed by atoms with van der Waals surface area (Å²) < 4.78 is 7.61. The van der Waals surface area contributed by atoms with Crippen LogP contribution in [0.15, 0.2) is 24.3 Å². The summed E-state index contributed by atoms with van der Waals surface area (Å²) in [5, 5.41) is 3.56. The molecule has 1 saturated carbocycles. The Balaban J connectivity index is 1.85. The minimum Gasteiger partial charge on any atom is -0.381 e. The molecule has 1 N–H and O–H groups in total. The van der Waals surface area contributed by atoms with E-state index in [9.17, 15) is 0 Å². The molecule has 0 saturated heterocycles. The van der Waals surface area contributed by atoms with Gasteiger partial charge in [-0.05, 0) is 18.6 Å². The summed E-state index contributed by atoms with van der Waals surface area (Å²) in [6.07, 6.45) is 1.37. The van der Waals surface area contributed by atoms with Gasteiger partial charge in [-0.25, -0.2) is 4.98 Å². The van der Waals surface area contributed by atoms with Gasteiger partial charge in [0, 0.05) is 25.6 Å². The maximum Gasteiger partial charge on any atom is 0.203 e. The first kappa shape index (κ1) is 12.5. The summed E-state index contributed by atoms with van der Waals surface area (Å²) in [6.45, 7) is 4.48. The summed E-state index contributed by atoms with van der Waals surface area (Å²) in [6, 6.07) is 8.62. The second-order valence-electron chi connectivity index (χ2n) is 5.96. The van der Waals surface area contributed by atoms with Crippen molar-refractivity contribution in [3.8, 4) is 0 Å². The molecule has 0 radical (unpaired) electrons. The van der Waals surface area contributed by atoms with Crippen molar-refractivity contribution in [2.75, 3.05) is 12.4 Å². The molecule has 1 aliphatic carbocycles. The average Bonchev–Trinajstić information content (AvgIpc) is 2.71. The van der Waals surface area contributed by atoms with Gasteiger partial charge in [0.25, 0.3) is 0 Å². The molecule has 2 aromatic rings. The molecular weight excluding hydrogens is 238 g/mol. The van der Waals surface area contributed by atoms with Crippen LogP contribution in [0.4, 0.5) is 5.95 Å². The number of rotatable bonds is 3. The largest absolute Gasteiger partial charge is 0.381 e. The smallest absolute Gasteiger partial charge is 0.203 e. The number of hydrogen-bond donors (Lipinski definition) is 1. The van der Waals surface area contributed by atoms with Crippen molar-refractivity contribution in [1.82, 2.24) is 9.55 Å². The maximum atomic E-state index is 5.49. The van der Waals surface area contributed by atoms with Crippen molar-refractivity contribution in [2.24, 2.45) is 12.5 Å². The molecule has 4 nitrogen and oxygen atoms in total. The third-order valence-corrected chi connectivity index (χ3v) is 4.55. The number of aryl methyl sites for hydroxylation is 1. The summed E-state index contributed by atoms with van der Waals surface area (Å²) in [4.78, 5) is 4.66. The van der Waals surface area contributed by atoms with Gasteiger partial charge in [-0.1, -0.05) is 26.0 Å². The predicted octanol–water partition coefficient (Wildman–Crippen LogP) is 2.80. The zero-order valence-corrected chi connectivity index (χ0v) is 12.0. The number of nitrogens with zero attached hydrogens (tertiary/aromatic N) is 2. The van der Waals surface area contributed by atoms with Crippen LogP contribution >= 0.6 is 0 Å². The van der Waals surface area contributed by atoms with E-state index in [-0.39, 0.29) is 5.41 Å². The zero-order valence-electron chi connectivity index (χ0n) is 12.0. The minimum absolute atomic E-state index is 0.146. The average molecular weight is 259 g/mol. The molecular formula is C15H21N3O. The molecule has 1 aromatic carbocycles. The van der Waals surface area contributed by atoms with E-state index in [2.05, 4.69) is 41.8 Å². The number of benzene rings is 1. The first-order chi connectivity index (χ1) is 9.04. The molecule has 0 amide bonds. The van der Waals surface area contributed by atoms with Gasteiger partial charge in [0.05, 0.1) is 17.1 Å². The molecule has 2 unspecified atom stereocenters. The van der Waals surface area contributed by atoms with Gasteiger partial charge in [0.2, 0.25) is 5.95 Å². The van der Waals surface area contributed by atoms with Crippen LogP contribution in [0.1, 0.15) is 20.3 Å². The van der Waals surface area contributed by atoms with Gasteiger partial charge in [-0.2, -0.15) is 0 Å². The zero-order chi connectivity index (χ0) is 13.6. The number of aromatic nitrogens is 2. The molecule has 4 heteroatoms. The van der Waals surface area contributed by atoms with E-state index < -0.39 is 0 Å². The van der Waals surface area contributed by atoms with Crippen molar-refractivity contribution in [2.45, 2.75) is 32.4 Å². The van der Waals surface area contributed by atoms with Gasteiger partial charge < -0.3 is 14.6 Å². The lowest BCUT2D eigenvalue weighted by molar-refractivity contribution is -0.0797. The first-order valence-electron chi connectivity index (χ1n) is 6.75. The monoisotopic (exact) mass is 259 g/mol. The van der Waals surface area contributed by atoms with Crippen LogP contribution in [-0.2, 0) is 11.8 Å². The quantitative estimate of drug-likeness (QED) is 0.921. The second-order valence-corrected chi connectivity index (χ2v) is 5.96. The van der Waals surface area contributed by atoms with E-state index in [0.29, 0.717) is 12.1 Å². The number of ether oxygens (including phenoxy) is 1. The number of methoxy groups -OCH3 is 1. The van der Waals surface area contributed by atoms with Gasteiger partial charge in [-0.15, -0.1) is 0 Å². The van der Waals surface area contributed by atoms with Crippen molar-refractivity contribution in [1.29, 1.82) is 0 Å². The lowest BCUT2D eigenvalue weighted by Crippen LogP contribution is -2.57. The number of imidazole rings is 1. The number of fused-ring (bicyclic) bond motifs is 1. The highest BCUT2D eigenvalue weighted by Gasteiger charge is 2.48. The topological polar surface area (TPSA) is 39.1 Å². The van der Waals surface area contributed by atoms with Crippen LogP contribution in [0.2, 0.25) is 0 Å². The van der Waals surface area contributed by atoms with Gasteiger partial charge in [0.1, 0.15) is 0 Å². The van der Waals surface area contributed by atoms with Crippen molar-refractivity contribution in [3.05, 3.63) is 24.3 Å². The molecule has 102 valence electrons. The van der Waals surface area contributed by atoms with Crippen LogP contribution in [0.5, 0.6) is 0 Å². The van der Waals surface area contributed by atoms with Gasteiger partial charge in [-0.3, -0.25) is 0 Å². The number of para-hydroxylation sites is 2. The summed E-state index contributed by atoms with van der Waals surface area (Å²) >= 11 is 0. The Morgan fingerprint density at radius 2 is 2.11 bits per heavy atom. The van der Waals surface area contributed by atoms with Crippen molar-refractivity contribution in [3.63, 3.8) is 0 Å². The number of anilines is 1. The van der Waals surface area contributed by atoms with Crippen LogP contribution in [0.3, 0.4) is 0 Å². The second kappa shape index (κ2) is 4.23. The molecule has 1 heterocycles. The molecule has 2 atom stereocenters. The van der Waals surface area contributed by atoms with Crippen LogP contribution < -0.4 is 5.32 Å². The Morgan fingerprint density at radius 1 is 1.37 bits per heavy atom. The summed E-state index contributed by atoms with van der Waals surface area (Å²) in [5.74, 6) is 0.939. The van der Waals surface area contributed by atoms with Gasteiger partial charge in [0.15, 0.2) is 0 Å². The minimum atomic E-state index is 0.146. The lowest BCUT2D eigenvalue weighted by atomic mass is 9.64. The summed E-state index contributed by atoms with van der Waals surface area (Å²) in [7, 11) is 3.84. The van der Waals surface area contributed by atoms with E-state index in [1.807, 2.05) is 18.2 Å². The maximum absolute atomic E-state index is 5.49. The number of hydrogen-bond acceptors (Lipinski definition) is 3. The highest BCUT2D eigenvalue weighted by atomic mass is 16.5. The molecule has 0 aliphatic heterocycles. The Kier molecular flexibility index (Phi) is 2.78. The highest BCUT2D eigenvalue weighted by molar-refractivity contribution is 5.78. The normalized spacial score (nSPS) is 25.3. The Morgan fingerprint density at radius 3 is 2.74 bits per heavy atom. The van der Waals surface area contributed by atoms with Crippen molar-refractivity contribution >= 4 is 17.0 Å². The van der Waals surface area contributed by atoms with E-state index in [4.69, 9.17) is 4.74 Å². The van der Waals surface area contributed by atoms with Gasteiger partial charge >= 0.3 is 0 Å². The standard InChI is InChI=1S/C15H21N3O/c1-15(2)12(9-13(15)19-4)17-14-16-10-7-5-6-8-11(10)18(14)3/h5-8,12-13H,9H2,1-4H3,(H,16,17). The molecule has 3 rings (SSSR count). The SMILES string of the molecule is COC1CC(Nc2nc3ccccc3n2C)C1(C)C. The highest BCUT2D eigenvalue weighted by Crippen LogP contribution is 2.44. The fourth-order valence-electron chi connectivity index (χ4n) is 2.96. The van der Waals surface area contributed by atoms with Crippen LogP contribution in [0, 0.1) is 5.41 Å². The Hall–Kier alpha value is -1.55. The lowest BCUT2D eigenvalue weighted by Gasteiger charge is -2.51. The van der Waals surface area contributed by atoms with E-state index >= 15 is 0 Å². The van der Waals surface area contributed by atoms with E-state index in [1.54, 1.807) is 7.11 Å². The van der Waals surface area contributed by atoms with Crippen LogP contribution in [-0.4, -0.2) is 28.8 Å². The Bertz CT molecular complexity index is 602. The van der Waals surface area contributed by atoms with E-state index in [1.165, 1.54) is 0 Å². The Labute approximate surface area is 113 Å². The molecule has 19 heavy (non-hydrogen) atoms. The third-order valence-electron chi connectivity index (χ3n) is 4.55. The molecule has 1 aliphatic rings. The molecule has 0 spiro atoms. The molecule has 1 aromatic heterocycles.